The molecule has 1 aliphatic heterocycles. The van der Waals surface area contributed by atoms with Gasteiger partial charge in [-0.15, -0.1) is 0 Å². The predicted octanol–water partition coefficient (Wildman–Crippen LogP) is 2.01. The summed E-state index contributed by atoms with van der Waals surface area (Å²) in [6.45, 7) is 2.79. The first-order valence-corrected chi connectivity index (χ1v) is 5.66. The van der Waals surface area contributed by atoms with Crippen LogP contribution in [-0.2, 0) is 4.74 Å². The molecule has 2 rings (SSSR count). The number of hydrogen-bond acceptors (Lipinski definition) is 3. The molecule has 5 heteroatoms. The Bertz CT molecular complexity index is 283. The molecule has 0 saturated carbocycles. The Balaban J connectivity index is 1.79. The molecule has 0 amide bonds. The Morgan fingerprint density at radius 3 is 3.00 bits per heavy atom. The highest BCUT2D eigenvalue weighted by molar-refractivity contribution is 9.10. The number of aromatic nitrogens is 2. The standard InChI is InChI=1S/C9H14BrN3O/c10-8-6-12-13-9(8)11-5-7-1-3-14-4-2-7/h6-7H,1-5H2,(H2,11,12,13). The van der Waals surface area contributed by atoms with Crippen molar-refractivity contribution in [2.75, 3.05) is 25.1 Å². The number of rotatable bonds is 3. The first-order chi connectivity index (χ1) is 6.86. The van der Waals surface area contributed by atoms with Crippen molar-refractivity contribution in [3.05, 3.63) is 10.7 Å². The minimum atomic E-state index is 0.721. The largest absolute Gasteiger partial charge is 0.381 e. The van der Waals surface area contributed by atoms with E-state index >= 15 is 0 Å². The Morgan fingerprint density at radius 1 is 1.57 bits per heavy atom. The maximum atomic E-state index is 5.30. The highest BCUT2D eigenvalue weighted by Crippen LogP contribution is 2.20. The SMILES string of the molecule is Brc1cn[nH]c1NCC1CCOCC1. The van der Waals surface area contributed by atoms with Crippen molar-refractivity contribution >= 4 is 21.7 Å². The van der Waals surface area contributed by atoms with E-state index < -0.39 is 0 Å². The monoisotopic (exact) mass is 259 g/mol. The molecule has 0 aromatic carbocycles. The van der Waals surface area contributed by atoms with E-state index in [0.717, 1.165) is 48.8 Å². The summed E-state index contributed by atoms with van der Waals surface area (Å²) in [4.78, 5) is 0. The van der Waals surface area contributed by atoms with Crippen molar-refractivity contribution in [2.45, 2.75) is 12.8 Å². The van der Waals surface area contributed by atoms with E-state index in [-0.39, 0.29) is 0 Å². The molecule has 1 fully saturated rings. The lowest BCUT2D eigenvalue weighted by Crippen LogP contribution is -2.22. The molecule has 2 N–H and O–H groups in total. The van der Waals surface area contributed by atoms with Crippen molar-refractivity contribution in [3.8, 4) is 0 Å². The first kappa shape index (κ1) is 9.98. The summed E-state index contributed by atoms with van der Waals surface area (Å²) < 4.78 is 6.29. The first-order valence-electron chi connectivity index (χ1n) is 4.87. The molecule has 1 aromatic rings. The molecule has 0 unspecified atom stereocenters. The highest BCUT2D eigenvalue weighted by Gasteiger charge is 2.13. The van der Waals surface area contributed by atoms with E-state index in [1.807, 2.05) is 0 Å². The Hall–Kier alpha value is -0.550. The highest BCUT2D eigenvalue weighted by atomic mass is 79.9. The van der Waals surface area contributed by atoms with Gasteiger partial charge in [0.25, 0.3) is 0 Å². The lowest BCUT2D eigenvalue weighted by molar-refractivity contribution is 0.0699. The number of halogens is 1. The Morgan fingerprint density at radius 2 is 2.36 bits per heavy atom. The topological polar surface area (TPSA) is 49.9 Å². The van der Waals surface area contributed by atoms with Crippen molar-refractivity contribution in [1.29, 1.82) is 0 Å². The van der Waals surface area contributed by atoms with E-state index in [0.29, 0.717) is 0 Å². The van der Waals surface area contributed by atoms with Crippen molar-refractivity contribution in [1.82, 2.24) is 10.2 Å². The maximum absolute atomic E-state index is 5.30. The smallest absolute Gasteiger partial charge is 0.135 e. The van der Waals surface area contributed by atoms with Crippen LogP contribution in [0.4, 0.5) is 5.82 Å². The third kappa shape index (κ3) is 2.48. The number of nitrogens with zero attached hydrogens (tertiary/aromatic N) is 1. The summed E-state index contributed by atoms with van der Waals surface area (Å²) in [5.41, 5.74) is 0. The van der Waals surface area contributed by atoms with Crippen LogP contribution in [0.25, 0.3) is 0 Å². The molecule has 0 spiro atoms. The van der Waals surface area contributed by atoms with Crippen LogP contribution in [0.15, 0.2) is 10.7 Å². The quantitative estimate of drug-likeness (QED) is 0.874. The third-order valence-corrected chi connectivity index (χ3v) is 3.10. The molecule has 0 atom stereocenters. The summed E-state index contributed by atoms with van der Waals surface area (Å²) in [5, 5.41) is 10.2. The van der Waals surface area contributed by atoms with Gasteiger partial charge in [-0.1, -0.05) is 0 Å². The van der Waals surface area contributed by atoms with Gasteiger partial charge in [0.15, 0.2) is 0 Å². The minimum absolute atomic E-state index is 0.721. The van der Waals surface area contributed by atoms with E-state index in [9.17, 15) is 0 Å². The molecule has 0 radical (unpaired) electrons. The average molecular weight is 260 g/mol. The summed E-state index contributed by atoms with van der Waals surface area (Å²) >= 11 is 3.41. The number of nitrogens with one attached hydrogen (secondary N) is 2. The molecule has 0 bridgehead atoms. The van der Waals surface area contributed by atoms with Gasteiger partial charge in [-0.2, -0.15) is 5.10 Å². The van der Waals surface area contributed by atoms with Crippen LogP contribution in [0.2, 0.25) is 0 Å². The van der Waals surface area contributed by atoms with E-state index in [4.69, 9.17) is 4.74 Å². The lowest BCUT2D eigenvalue weighted by Gasteiger charge is -2.22. The van der Waals surface area contributed by atoms with Crippen molar-refractivity contribution < 1.29 is 4.74 Å². The number of aromatic amines is 1. The lowest BCUT2D eigenvalue weighted by atomic mass is 10.0. The van der Waals surface area contributed by atoms with Crippen LogP contribution < -0.4 is 5.32 Å². The zero-order valence-electron chi connectivity index (χ0n) is 7.92. The average Bonchev–Trinajstić information content (AvgIpc) is 2.63. The van der Waals surface area contributed by atoms with Gasteiger partial charge in [-0.05, 0) is 34.7 Å². The number of H-pyrrole nitrogens is 1. The van der Waals surface area contributed by atoms with E-state index in [1.54, 1.807) is 6.20 Å². The fourth-order valence-corrected chi connectivity index (χ4v) is 1.92. The molecule has 4 nitrogen and oxygen atoms in total. The normalized spacial score (nSPS) is 18.4. The second kappa shape index (κ2) is 4.79. The van der Waals surface area contributed by atoms with Gasteiger partial charge in [0, 0.05) is 19.8 Å². The second-order valence-electron chi connectivity index (χ2n) is 3.53. The minimum Gasteiger partial charge on any atom is -0.381 e. The van der Waals surface area contributed by atoms with Gasteiger partial charge >= 0.3 is 0 Å². The second-order valence-corrected chi connectivity index (χ2v) is 4.38. The number of anilines is 1. The van der Waals surface area contributed by atoms with E-state index in [2.05, 4.69) is 31.4 Å². The summed E-state index contributed by atoms with van der Waals surface area (Å²) in [7, 11) is 0. The van der Waals surface area contributed by atoms with Crippen LogP contribution in [-0.4, -0.2) is 30.0 Å². The molecule has 2 heterocycles. The predicted molar refractivity (Wildman–Crippen MR) is 58.3 cm³/mol. The third-order valence-electron chi connectivity index (χ3n) is 2.50. The van der Waals surface area contributed by atoms with Crippen LogP contribution >= 0.6 is 15.9 Å². The Labute approximate surface area is 91.5 Å². The van der Waals surface area contributed by atoms with Crippen LogP contribution in [0.1, 0.15) is 12.8 Å². The van der Waals surface area contributed by atoms with E-state index in [1.165, 1.54) is 0 Å². The van der Waals surface area contributed by atoms with Crippen LogP contribution in [0, 0.1) is 5.92 Å². The van der Waals surface area contributed by atoms with Gasteiger partial charge < -0.3 is 10.1 Å². The summed E-state index contributed by atoms with van der Waals surface area (Å²) in [5.74, 6) is 1.69. The fourth-order valence-electron chi connectivity index (χ4n) is 1.59. The fraction of sp³-hybridized carbons (Fsp3) is 0.667. The molecule has 0 aliphatic carbocycles. The van der Waals surface area contributed by atoms with Gasteiger partial charge in [0.2, 0.25) is 0 Å². The zero-order valence-corrected chi connectivity index (χ0v) is 9.51. The van der Waals surface area contributed by atoms with Gasteiger partial charge in [0.05, 0.1) is 10.7 Å². The van der Waals surface area contributed by atoms with Crippen molar-refractivity contribution in [2.24, 2.45) is 5.92 Å². The van der Waals surface area contributed by atoms with Crippen molar-refractivity contribution in [3.63, 3.8) is 0 Å². The van der Waals surface area contributed by atoms with Crippen LogP contribution in [0.3, 0.4) is 0 Å². The Kier molecular flexibility index (Phi) is 3.42. The molecule has 14 heavy (non-hydrogen) atoms. The van der Waals surface area contributed by atoms with Gasteiger partial charge in [-0.3, -0.25) is 5.10 Å². The summed E-state index contributed by atoms with van der Waals surface area (Å²) in [6.07, 6.45) is 4.06. The summed E-state index contributed by atoms with van der Waals surface area (Å²) in [6, 6.07) is 0. The van der Waals surface area contributed by atoms with Crippen LogP contribution in [0.5, 0.6) is 0 Å². The zero-order chi connectivity index (χ0) is 9.80. The number of ether oxygens (including phenoxy) is 1. The molecule has 1 aliphatic rings. The molecule has 1 saturated heterocycles. The molecular formula is C9H14BrN3O. The number of hydrogen-bond donors (Lipinski definition) is 2. The van der Waals surface area contributed by atoms with Gasteiger partial charge in [0.1, 0.15) is 5.82 Å². The van der Waals surface area contributed by atoms with Gasteiger partial charge in [-0.25, -0.2) is 0 Å². The molecule has 78 valence electrons. The molecule has 1 aromatic heterocycles. The molecular weight excluding hydrogens is 246 g/mol. The maximum Gasteiger partial charge on any atom is 0.135 e.